The van der Waals surface area contributed by atoms with Crippen molar-refractivity contribution in [1.82, 2.24) is 4.90 Å². The number of phenols is 1. The molecule has 0 atom stereocenters. The van der Waals surface area contributed by atoms with E-state index < -0.39 is 6.67 Å². The van der Waals surface area contributed by atoms with Crippen LogP contribution in [0.5, 0.6) is 11.5 Å². The topological polar surface area (TPSA) is 32.7 Å². The first-order valence-electron chi connectivity index (χ1n) is 7.20. The molecule has 2 aromatic carbocycles. The number of benzene rings is 2. The summed E-state index contributed by atoms with van der Waals surface area (Å²) in [6.07, 6.45) is 0. The van der Waals surface area contributed by atoms with E-state index in [1.54, 1.807) is 12.1 Å². The molecule has 22 heavy (non-hydrogen) atoms. The summed E-state index contributed by atoms with van der Waals surface area (Å²) >= 11 is 6.03. The number of fused-ring (bicyclic) bond motifs is 1. The number of aromatic hydroxyl groups is 1. The molecular weight excluding hydrogens is 305 g/mol. The number of hydrogen-bond donors (Lipinski definition) is 1. The summed E-state index contributed by atoms with van der Waals surface area (Å²) in [4.78, 5) is 1.98. The van der Waals surface area contributed by atoms with Crippen LogP contribution in [0.4, 0.5) is 4.39 Å². The van der Waals surface area contributed by atoms with Crippen LogP contribution >= 0.6 is 11.6 Å². The van der Waals surface area contributed by atoms with E-state index in [-0.39, 0.29) is 5.75 Å². The molecule has 3 rings (SSSR count). The van der Waals surface area contributed by atoms with Gasteiger partial charge in [0.25, 0.3) is 0 Å². The second-order valence-corrected chi connectivity index (χ2v) is 5.74. The molecule has 0 aliphatic carbocycles. The Bertz CT molecular complexity index is 678. The molecule has 1 N–H and O–H groups in total. The summed E-state index contributed by atoms with van der Waals surface area (Å²) < 4.78 is 18.2. The highest BCUT2D eigenvalue weighted by atomic mass is 35.5. The molecule has 0 spiro atoms. The lowest BCUT2D eigenvalue weighted by molar-refractivity contribution is 0.209. The Labute approximate surface area is 133 Å². The molecular formula is C17H17ClFNO2. The normalized spacial score (nSPS) is 15.0. The highest BCUT2D eigenvalue weighted by Crippen LogP contribution is 2.37. The minimum atomic E-state index is -0.394. The Morgan fingerprint density at radius 1 is 1.23 bits per heavy atom. The van der Waals surface area contributed by atoms with Crippen LogP contribution in [-0.4, -0.2) is 36.4 Å². The minimum absolute atomic E-state index is 0.106. The largest absolute Gasteiger partial charge is 0.504 e. The molecule has 116 valence electrons. The molecule has 5 heteroatoms. The summed E-state index contributed by atoms with van der Waals surface area (Å²) in [5.41, 5.74) is 2.65. The molecule has 1 aliphatic rings. The van der Waals surface area contributed by atoms with Crippen LogP contribution in [0.2, 0.25) is 5.02 Å². The van der Waals surface area contributed by atoms with Gasteiger partial charge in [-0.2, -0.15) is 0 Å². The Kier molecular flexibility index (Phi) is 4.50. The zero-order valence-electron chi connectivity index (χ0n) is 12.1. The average Bonchev–Trinajstić information content (AvgIpc) is 2.70. The van der Waals surface area contributed by atoms with Gasteiger partial charge in [-0.25, -0.2) is 4.39 Å². The van der Waals surface area contributed by atoms with Crippen LogP contribution in [0.25, 0.3) is 11.1 Å². The lowest BCUT2D eigenvalue weighted by Gasteiger charge is -2.17. The first-order valence-corrected chi connectivity index (χ1v) is 7.58. The van der Waals surface area contributed by atoms with Gasteiger partial charge in [0.15, 0.2) is 11.5 Å². The van der Waals surface area contributed by atoms with Crippen molar-refractivity contribution in [3.63, 3.8) is 0 Å². The quantitative estimate of drug-likeness (QED) is 0.931. The monoisotopic (exact) mass is 321 g/mol. The standard InChI is InChI=1S/C17H17ClFNO2/c18-15-3-1-2-12(9-15)13-8-14-11-20(5-4-19)6-7-22-17(14)16(21)10-13/h1-3,8-10,21H,4-7,11H2. The van der Waals surface area contributed by atoms with Gasteiger partial charge >= 0.3 is 0 Å². The zero-order valence-corrected chi connectivity index (χ0v) is 12.8. The number of halogens is 2. The lowest BCUT2D eigenvalue weighted by Crippen LogP contribution is -2.27. The Hall–Kier alpha value is -1.78. The van der Waals surface area contributed by atoms with Gasteiger partial charge in [0.05, 0.1) is 0 Å². The van der Waals surface area contributed by atoms with Gasteiger partial charge in [0.2, 0.25) is 0 Å². The van der Waals surface area contributed by atoms with Crippen molar-refractivity contribution in [2.75, 3.05) is 26.4 Å². The fraction of sp³-hybridized carbons (Fsp3) is 0.294. The maximum atomic E-state index is 12.6. The molecule has 2 aromatic rings. The number of alkyl halides is 1. The van der Waals surface area contributed by atoms with E-state index in [1.807, 2.05) is 29.2 Å². The van der Waals surface area contributed by atoms with Crippen LogP contribution in [0.1, 0.15) is 5.56 Å². The fourth-order valence-corrected chi connectivity index (χ4v) is 2.89. The lowest BCUT2D eigenvalue weighted by atomic mass is 10.0. The van der Waals surface area contributed by atoms with Gasteiger partial charge in [-0.05, 0) is 35.4 Å². The molecule has 0 aromatic heterocycles. The fourth-order valence-electron chi connectivity index (χ4n) is 2.70. The van der Waals surface area contributed by atoms with Crippen molar-refractivity contribution in [2.24, 2.45) is 0 Å². The van der Waals surface area contributed by atoms with Crippen LogP contribution < -0.4 is 4.74 Å². The molecule has 0 bridgehead atoms. The molecule has 0 amide bonds. The first-order chi connectivity index (χ1) is 10.7. The van der Waals surface area contributed by atoms with E-state index in [1.165, 1.54) is 0 Å². The summed E-state index contributed by atoms with van der Waals surface area (Å²) in [6.45, 7) is 1.61. The highest BCUT2D eigenvalue weighted by Gasteiger charge is 2.19. The van der Waals surface area contributed by atoms with Crippen molar-refractivity contribution >= 4 is 11.6 Å². The summed E-state index contributed by atoms with van der Waals surface area (Å²) in [7, 11) is 0. The van der Waals surface area contributed by atoms with Gasteiger partial charge in [0, 0.05) is 30.2 Å². The van der Waals surface area contributed by atoms with Gasteiger partial charge in [0.1, 0.15) is 13.3 Å². The number of ether oxygens (including phenoxy) is 1. The molecule has 3 nitrogen and oxygen atoms in total. The van der Waals surface area contributed by atoms with Crippen molar-refractivity contribution in [1.29, 1.82) is 0 Å². The summed E-state index contributed by atoms with van der Waals surface area (Å²) in [5.74, 6) is 0.599. The smallest absolute Gasteiger partial charge is 0.165 e. The van der Waals surface area contributed by atoms with Crippen molar-refractivity contribution in [2.45, 2.75) is 6.54 Å². The zero-order chi connectivity index (χ0) is 15.5. The van der Waals surface area contributed by atoms with Gasteiger partial charge in [-0.15, -0.1) is 0 Å². The van der Waals surface area contributed by atoms with E-state index in [2.05, 4.69) is 0 Å². The van der Waals surface area contributed by atoms with Crippen LogP contribution in [0, 0.1) is 0 Å². The molecule has 0 fully saturated rings. The predicted octanol–water partition coefficient (Wildman–Crippen LogP) is 3.88. The number of phenolic OH excluding ortho intramolecular Hbond substituents is 1. The summed E-state index contributed by atoms with van der Waals surface area (Å²) in [5, 5.41) is 10.9. The van der Waals surface area contributed by atoms with E-state index in [4.69, 9.17) is 16.3 Å². The van der Waals surface area contributed by atoms with E-state index in [0.717, 1.165) is 16.7 Å². The Balaban J connectivity index is 2.00. The predicted molar refractivity (Wildman–Crippen MR) is 85.3 cm³/mol. The van der Waals surface area contributed by atoms with Crippen molar-refractivity contribution in [3.05, 3.63) is 47.0 Å². The Morgan fingerprint density at radius 3 is 2.86 bits per heavy atom. The highest BCUT2D eigenvalue weighted by molar-refractivity contribution is 6.30. The average molecular weight is 322 g/mol. The van der Waals surface area contributed by atoms with E-state index in [9.17, 15) is 9.50 Å². The number of nitrogens with zero attached hydrogens (tertiary/aromatic N) is 1. The van der Waals surface area contributed by atoms with Crippen LogP contribution in [0.3, 0.4) is 0 Å². The third kappa shape index (κ3) is 3.18. The first kappa shape index (κ1) is 15.1. The van der Waals surface area contributed by atoms with E-state index >= 15 is 0 Å². The van der Waals surface area contributed by atoms with Crippen molar-refractivity contribution in [3.8, 4) is 22.6 Å². The van der Waals surface area contributed by atoms with Gasteiger partial charge in [-0.3, -0.25) is 4.90 Å². The van der Waals surface area contributed by atoms with Crippen LogP contribution in [0.15, 0.2) is 36.4 Å². The maximum Gasteiger partial charge on any atom is 0.165 e. The third-order valence-electron chi connectivity index (χ3n) is 3.75. The maximum absolute atomic E-state index is 12.6. The number of rotatable bonds is 3. The van der Waals surface area contributed by atoms with Gasteiger partial charge in [-0.1, -0.05) is 23.7 Å². The molecule has 0 radical (unpaired) electrons. The number of hydrogen-bond acceptors (Lipinski definition) is 3. The molecule has 0 unspecified atom stereocenters. The van der Waals surface area contributed by atoms with E-state index in [0.29, 0.717) is 37.0 Å². The summed E-state index contributed by atoms with van der Waals surface area (Å²) in [6, 6.07) is 11.1. The van der Waals surface area contributed by atoms with Crippen LogP contribution in [-0.2, 0) is 6.54 Å². The third-order valence-corrected chi connectivity index (χ3v) is 3.99. The molecule has 0 saturated heterocycles. The Morgan fingerprint density at radius 2 is 2.09 bits per heavy atom. The molecule has 1 aliphatic heterocycles. The second kappa shape index (κ2) is 6.55. The van der Waals surface area contributed by atoms with Crippen molar-refractivity contribution < 1.29 is 14.2 Å². The second-order valence-electron chi connectivity index (χ2n) is 5.31. The molecule has 1 heterocycles. The van der Waals surface area contributed by atoms with Gasteiger partial charge < -0.3 is 9.84 Å². The minimum Gasteiger partial charge on any atom is -0.504 e. The SMILES string of the molecule is Oc1cc(-c2cccc(Cl)c2)cc2c1OCCN(CCF)C2. The molecule has 0 saturated carbocycles.